The molecule has 1 saturated heterocycles. The number of aryl methyl sites for hydroxylation is 1. The maximum absolute atomic E-state index is 12.8. The smallest absolute Gasteiger partial charge is 0.254 e. The number of thioether (sulfide) groups is 1. The first kappa shape index (κ1) is 17.7. The van der Waals surface area contributed by atoms with Gasteiger partial charge in [-0.1, -0.05) is 36.4 Å². The van der Waals surface area contributed by atoms with Crippen LogP contribution < -0.4 is 0 Å². The molecule has 0 bridgehead atoms. The molecule has 3 rings (SSSR count). The first-order chi connectivity index (χ1) is 12.1. The van der Waals surface area contributed by atoms with Crippen LogP contribution >= 0.6 is 11.8 Å². The number of nitrogens with zero attached hydrogens (tertiary/aromatic N) is 1. The third kappa shape index (κ3) is 4.13. The zero-order valence-corrected chi connectivity index (χ0v) is 15.5. The summed E-state index contributed by atoms with van der Waals surface area (Å²) in [5.74, 6) is -0.0842. The lowest BCUT2D eigenvalue weighted by Gasteiger charge is -2.32. The average Bonchev–Trinajstić information content (AvgIpc) is 2.63. The molecule has 1 aliphatic rings. The molecular formula is C21H23NO2S. The van der Waals surface area contributed by atoms with E-state index >= 15 is 0 Å². The molecule has 2 aromatic carbocycles. The number of hydrogen-bond acceptors (Lipinski definition) is 3. The summed E-state index contributed by atoms with van der Waals surface area (Å²) in [7, 11) is 0. The first-order valence-electron chi connectivity index (χ1n) is 8.68. The van der Waals surface area contributed by atoms with Gasteiger partial charge < -0.3 is 4.90 Å². The molecule has 3 nitrogen and oxygen atoms in total. The first-order valence-corrected chi connectivity index (χ1v) is 9.55. The highest BCUT2D eigenvalue weighted by Crippen LogP contribution is 2.32. The van der Waals surface area contributed by atoms with Crippen LogP contribution in [-0.2, 0) is 0 Å². The topological polar surface area (TPSA) is 37.4 Å². The number of benzene rings is 2. The van der Waals surface area contributed by atoms with Gasteiger partial charge in [0.15, 0.2) is 5.78 Å². The Morgan fingerprint density at radius 2 is 1.56 bits per heavy atom. The lowest BCUT2D eigenvalue weighted by molar-refractivity contribution is 0.0723. The lowest BCUT2D eigenvalue weighted by Crippen LogP contribution is -2.39. The van der Waals surface area contributed by atoms with Crippen LogP contribution in [0.2, 0.25) is 0 Å². The maximum atomic E-state index is 12.8. The van der Waals surface area contributed by atoms with Crippen molar-refractivity contribution in [1.82, 2.24) is 4.90 Å². The molecule has 25 heavy (non-hydrogen) atoms. The Kier molecular flexibility index (Phi) is 5.59. The molecular weight excluding hydrogens is 330 g/mol. The molecule has 0 N–H and O–H groups in total. The monoisotopic (exact) mass is 353 g/mol. The second kappa shape index (κ2) is 7.87. The average molecular weight is 353 g/mol. The van der Waals surface area contributed by atoms with Gasteiger partial charge >= 0.3 is 0 Å². The largest absolute Gasteiger partial charge is 0.339 e. The minimum absolute atomic E-state index is 0.0230. The highest BCUT2D eigenvalue weighted by molar-refractivity contribution is 8.00. The van der Waals surface area contributed by atoms with Gasteiger partial charge in [-0.25, -0.2) is 0 Å². The van der Waals surface area contributed by atoms with Gasteiger partial charge in [0, 0.05) is 28.8 Å². The summed E-state index contributed by atoms with van der Waals surface area (Å²) >= 11 is 1.92. The highest BCUT2D eigenvalue weighted by Gasteiger charge is 2.26. The molecule has 4 heteroatoms. The normalized spacial score (nSPS) is 15.2. The van der Waals surface area contributed by atoms with Gasteiger partial charge in [0.05, 0.1) is 5.56 Å². The van der Waals surface area contributed by atoms with Crippen molar-refractivity contribution in [2.45, 2.75) is 36.8 Å². The van der Waals surface area contributed by atoms with Crippen LogP contribution in [0.25, 0.3) is 0 Å². The van der Waals surface area contributed by atoms with Gasteiger partial charge in [-0.15, -0.1) is 11.8 Å². The number of likely N-dealkylation sites (tertiary alicyclic amines) is 1. The molecule has 0 aromatic heterocycles. The summed E-state index contributed by atoms with van der Waals surface area (Å²) in [5.41, 5.74) is 2.35. The van der Waals surface area contributed by atoms with E-state index in [1.165, 1.54) is 17.4 Å². The van der Waals surface area contributed by atoms with Gasteiger partial charge in [0.1, 0.15) is 0 Å². The Morgan fingerprint density at radius 1 is 0.960 bits per heavy atom. The summed E-state index contributed by atoms with van der Waals surface area (Å²) in [6.45, 7) is 5.14. The van der Waals surface area contributed by atoms with Gasteiger partial charge in [0.2, 0.25) is 0 Å². The summed E-state index contributed by atoms with van der Waals surface area (Å²) in [5, 5.41) is 0.535. The van der Waals surface area contributed by atoms with Gasteiger partial charge in [-0.05, 0) is 44.4 Å². The van der Waals surface area contributed by atoms with Crippen molar-refractivity contribution < 1.29 is 9.59 Å². The van der Waals surface area contributed by atoms with E-state index in [1.807, 2.05) is 22.7 Å². The lowest BCUT2D eigenvalue weighted by atomic mass is 10.0. The Hall–Kier alpha value is -2.07. The fraction of sp³-hybridized carbons (Fsp3) is 0.333. The third-order valence-corrected chi connectivity index (χ3v) is 6.17. The molecule has 0 atom stereocenters. The molecule has 0 radical (unpaired) electrons. The fourth-order valence-corrected chi connectivity index (χ4v) is 4.41. The van der Waals surface area contributed by atoms with E-state index in [-0.39, 0.29) is 11.7 Å². The SMILES string of the molecule is CC(=O)c1ccccc1C(=O)N1CCC(Sc2ccccc2C)CC1. The van der Waals surface area contributed by atoms with Gasteiger partial charge in [-0.2, -0.15) is 0 Å². The zero-order valence-electron chi connectivity index (χ0n) is 14.7. The predicted molar refractivity (Wildman–Crippen MR) is 102 cm³/mol. The number of piperidine rings is 1. The van der Waals surface area contributed by atoms with Crippen LogP contribution in [0.3, 0.4) is 0 Å². The van der Waals surface area contributed by atoms with E-state index in [4.69, 9.17) is 0 Å². The van der Waals surface area contributed by atoms with Crippen molar-refractivity contribution in [1.29, 1.82) is 0 Å². The molecule has 130 valence electrons. The van der Waals surface area contributed by atoms with Gasteiger partial charge in [-0.3, -0.25) is 9.59 Å². The third-order valence-electron chi connectivity index (χ3n) is 4.65. The highest BCUT2D eigenvalue weighted by atomic mass is 32.2. The van der Waals surface area contributed by atoms with Crippen LogP contribution in [0, 0.1) is 6.92 Å². The molecule has 0 unspecified atom stereocenters. The van der Waals surface area contributed by atoms with Crippen LogP contribution in [0.1, 0.15) is 46.0 Å². The van der Waals surface area contributed by atoms with Crippen LogP contribution in [0.4, 0.5) is 0 Å². The van der Waals surface area contributed by atoms with E-state index < -0.39 is 0 Å². The standard InChI is InChI=1S/C21H23NO2S/c1-15-7-3-6-10-20(15)25-17-11-13-22(14-12-17)21(24)19-9-5-4-8-18(19)16(2)23/h3-10,17H,11-14H2,1-2H3. The fourth-order valence-electron chi connectivity index (χ4n) is 3.19. The molecule has 2 aromatic rings. The quantitative estimate of drug-likeness (QED) is 0.754. The minimum atomic E-state index is -0.0612. The molecule has 1 fully saturated rings. The van der Waals surface area contributed by atoms with E-state index in [0.717, 1.165) is 25.9 Å². The van der Waals surface area contributed by atoms with Crippen LogP contribution in [0.5, 0.6) is 0 Å². The van der Waals surface area contributed by atoms with E-state index in [1.54, 1.807) is 18.2 Å². The molecule has 0 saturated carbocycles. The Bertz CT molecular complexity index is 779. The molecule has 0 spiro atoms. The van der Waals surface area contributed by atoms with Crippen molar-refractivity contribution in [2.75, 3.05) is 13.1 Å². The molecule has 1 aliphatic heterocycles. The zero-order chi connectivity index (χ0) is 17.8. The van der Waals surface area contributed by atoms with Crippen molar-refractivity contribution in [3.8, 4) is 0 Å². The van der Waals surface area contributed by atoms with E-state index in [2.05, 4.69) is 31.2 Å². The van der Waals surface area contributed by atoms with Crippen molar-refractivity contribution in [2.24, 2.45) is 0 Å². The van der Waals surface area contributed by atoms with Crippen molar-refractivity contribution >= 4 is 23.5 Å². The maximum Gasteiger partial charge on any atom is 0.254 e. The minimum Gasteiger partial charge on any atom is -0.339 e. The van der Waals surface area contributed by atoms with Crippen molar-refractivity contribution in [3.63, 3.8) is 0 Å². The number of hydrogen-bond donors (Lipinski definition) is 0. The number of carbonyl (C=O) groups is 2. The number of ketones is 1. The summed E-state index contributed by atoms with van der Waals surface area (Å²) in [6.07, 6.45) is 1.96. The molecule has 1 heterocycles. The number of Topliss-reactive ketones (excluding diaryl/α,β-unsaturated/α-hetero) is 1. The van der Waals surface area contributed by atoms with Crippen LogP contribution in [0.15, 0.2) is 53.4 Å². The number of carbonyl (C=O) groups excluding carboxylic acids is 2. The Morgan fingerprint density at radius 3 is 2.20 bits per heavy atom. The second-order valence-corrected chi connectivity index (χ2v) is 7.82. The van der Waals surface area contributed by atoms with E-state index in [9.17, 15) is 9.59 Å². The van der Waals surface area contributed by atoms with Gasteiger partial charge in [0.25, 0.3) is 5.91 Å². The second-order valence-electron chi connectivity index (χ2n) is 6.48. The summed E-state index contributed by atoms with van der Waals surface area (Å²) in [6, 6.07) is 15.6. The Labute approximate surface area is 153 Å². The summed E-state index contributed by atoms with van der Waals surface area (Å²) < 4.78 is 0. The van der Waals surface area contributed by atoms with Crippen LogP contribution in [-0.4, -0.2) is 34.9 Å². The molecule has 0 aliphatic carbocycles. The molecule has 1 amide bonds. The Balaban J connectivity index is 1.64. The number of amides is 1. The van der Waals surface area contributed by atoms with E-state index in [0.29, 0.717) is 16.4 Å². The summed E-state index contributed by atoms with van der Waals surface area (Å²) in [4.78, 5) is 27.8. The number of rotatable bonds is 4. The van der Waals surface area contributed by atoms with Crippen molar-refractivity contribution in [3.05, 3.63) is 65.2 Å². The predicted octanol–water partition coefficient (Wildman–Crippen LogP) is 4.59.